The summed E-state index contributed by atoms with van der Waals surface area (Å²) in [4.78, 5) is 3.86. The van der Waals surface area contributed by atoms with E-state index in [9.17, 15) is 8.42 Å². The Morgan fingerprint density at radius 2 is 2.18 bits per heavy atom. The molecule has 4 N–H and O–H groups in total. The highest BCUT2D eigenvalue weighted by atomic mass is 32.2. The molecule has 0 saturated carbocycles. The predicted molar refractivity (Wildman–Crippen MR) is 67.1 cm³/mol. The molecule has 0 aliphatic heterocycles. The van der Waals surface area contributed by atoms with Crippen molar-refractivity contribution in [2.45, 2.75) is 24.8 Å². The highest BCUT2D eigenvalue weighted by molar-refractivity contribution is 7.89. The van der Waals surface area contributed by atoms with Gasteiger partial charge in [-0.2, -0.15) is 0 Å². The molecule has 96 valence electrons. The summed E-state index contributed by atoms with van der Waals surface area (Å²) in [6, 6.07) is 1.55. The van der Waals surface area contributed by atoms with Gasteiger partial charge in [-0.3, -0.25) is 0 Å². The molecule has 0 saturated heterocycles. The first-order valence-corrected chi connectivity index (χ1v) is 6.74. The molecule has 17 heavy (non-hydrogen) atoms. The summed E-state index contributed by atoms with van der Waals surface area (Å²) < 4.78 is 26.4. The van der Waals surface area contributed by atoms with Crippen LogP contribution in [0.5, 0.6) is 0 Å². The van der Waals surface area contributed by atoms with Crippen LogP contribution in [0.1, 0.15) is 12.5 Å². The van der Waals surface area contributed by atoms with E-state index >= 15 is 0 Å². The van der Waals surface area contributed by atoms with Gasteiger partial charge in [-0.15, -0.1) is 0 Å². The summed E-state index contributed by atoms with van der Waals surface area (Å²) in [6.07, 6.45) is 1.53. The maximum atomic E-state index is 12.0. The molecule has 0 bridgehead atoms. The molecular formula is C10H18N4O2S. The van der Waals surface area contributed by atoms with E-state index in [1.54, 1.807) is 14.0 Å². The maximum absolute atomic E-state index is 12.0. The molecule has 1 rings (SSSR count). The molecule has 0 spiro atoms. The molecule has 1 atom stereocenters. The predicted octanol–water partition coefficient (Wildman–Crippen LogP) is -0.142. The number of hydrogen-bond donors (Lipinski definition) is 3. The van der Waals surface area contributed by atoms with Gasteiger partial charge in [-0.25, -0.2) is 18.1 Å². The zero-order chi connectivity index (χ0) is 13.1. The fraction of sp³-hybridized carbons (Fsp3) is 0.500. The molecule has 0 aliphatic rings. The zero-order valence-electron chi connectivity index (χ0n) is 10.2. The number of nitrogens with two attached hydrogens (primary N) is 1. The molecule has 7 heteroatoms. The smallest absolute Gasteiger partial charge is 0.244 e. The van der Waals surface area contributed by atoms with Gasteiger partial charge in [0.05, 0.1) is 0 Å². The van der Waals surface area contributed by atoms with Crippen LogP contribution in [-0.2, 0) is 10.0 Å². The SMILES string of the molecule is CNC(C)CNS(=O)(=O)c1cc(C)cnc1N. The Bertz CT molecular complexity index is 487. The third-order valence-electron chi connectivity index (χ3n) is 2.38. The number of nitrogens with zero attached hydrogens (tertiary/aromatic N) is 1. The number of nitrogens with one attached hydrogen (secondary N) is 2. The van der Waals surface area contributed by atoms with E-state index in [1.165, 1.54) is 12.3 Å². The van der Waals surface area contributed by atoms with Crippen molar-refractivity contribution < 1.29 is 8.42 Å². The minimum Gasteiger partial charge on any atom is -0.383 e. The van der Waals surface area contributed by atoms with Crippen LogP contribution in [0.25, 0.3) is 0 Å². The number of aryl methyl sites for hydroxylation is 1. The van der Waals surface area contributed by atoms with Crippen LogP contribution in [0, 0.1) is 6.92 Å². The summed E-state index contributed by atoms with van der Waals surface area (Å²) in [7, 11) is -1.83. The number of rotatable bonds is 5. The Morgan fingerprint density at radius 3 is 2.76 bits per heavy atom. The van der Waals surface area contributed by atoms with Crippen molar-refractivity contribution in [3.8, 4) is 0 Å². The van der Waals surface area contributed by atoms with Crippen molar-refractivity contribution >= 4 is 15.8 Å². The average Bonchev–Trinajstić information content (AvgIpc) is 2.29. The van der Waals surface area contributed by atoms with Crippen molar-refractivity contribution in [1.29, 1.82) is 0 Å². The van der Waals surface area contributed by atoms with Gasteiger partial charge in [-0.05, 0) is 32.5 Å². The Hall–Kier alpha value is -1.18. The van der Waals surface area contributed by atoms with Gasteiger partial charge in [0, 0.05) is 18.8 Å². The van der Waals surface area contributed by atoms with Crippen LogP contribution < -0.4 is 15.8 Å². The van der Waals surface area contributed by atoms with E-state index in [0.717, 1.165) is 5.56 Å². The average molecular weight is 258 g/mol. The van der Waals surface area contributed by atoms with Crippen molar-refractivity contribution in [2.75, 3.05) is 19.3 Å². The second kappa shape index (κ2) is 5.44. The second-order valence-corrected chi connectivity index (χ2v) is 5.67. The van der Waals surface area contributed by atoms with Gasteiger partial charge >= 0.3 is 0 Å². The summed E-state index contributed by atoms with van der Waals surface area (Å²) in [6.45, 7) is 3.94. The fourth-order valence-electron chi connectivity index (χ4n) is 1.18. The molecule has 0 radical (unpaired) electrons. The van der Waals surface area contributed by atoms with E-state index in [2.05, 4.69) is 15.0 Å². The molecule has 0 aromatic carbocycles. The Kier molecular flexibility index (Phi) is 4.44. The van der Waals surface area contributed by atoms with E-state index in [4.69, 9.17) is 5.73 Å². The van der Waals surface area contributed by atoms with Gasteiger partial charge in [0.2, 0.25) is 10.0 Å². The van der Waals surface area contributed by atoms with Crippen LogP contribution in [0.15, 0.2) is 17.2 Å². The van der Waals surface area contributed by atoms with E-state index in [0.29, 0.717) is 6.54 Å². The van der Waals surface area contributed by atoms with Crippen LogP contribution in [0.2, 0.25) is 0 Å². The van der Waals surface area contributed by atoms with Gasteiger partial charge in [-0.1, -0.05) is 0 Å². The first-order chi connectivity index (χ1) is 7.86. The van der Waals surface area contributed by atoms with Gasteiger partial charge in [0.25, 0.3) is 0 Å². The van der Waals surface area contributed by atoms with Crippen molar-refractivity contribution in [1.82, 2.24) is 15.0 Å². The molecular weight excluding hydrogens is 240 g/mol. The van der Waals surface area contributed by atoms with Gasteiger partial charge in [0.15, 0.2) is 0 Å². The number of aromatic nitrogens is 1. The van der Waals surface area contributed by atoms with Crippen LogP contribution in [0.3, 0.4) is 0 Å². The lowest BCUT2D eigenvalue weighted by Crippen LogP contribution is -2.37. The topological polar surface area (TPSA) is 97.1 Å². The highest BCUT2D eigenvalue weighted by Gasteiger charge is 2.18. The van der Waals surface area contributed by atoms with E-state index in [1.807, 2.05) is 6.92 Å². The Morgan fingerprint density at radius 1 is 1.53 bits per heavy atom. The largest absolute Gasteiger partial charge is 0.383 e. The van der Waals surface area contributed by atoms with Crippen LogP contribution in [-0.4, -0.2) is 33.0 Å². The number of nitrogen functional groups attached to an aromatic ring is 1. The van der Waals surface area contributed by atoms with E-state index in [-0.39, 0.29) is 16.8 Å². The van der Waals surface area contributed by atoms with E-state index < -0.39 is 10.0 Å². The van der Waals surface area contributed by atoms with Crippen molar-refractivity contribution in [3.63, 3.8) is 0 Å². The normalized spacial score (nSPS) is 13.6. The maximum Gasteiger partial charge on any atom is 0.244 e. The number of sulfonamides is 1. The lowest BCUT2D eigenvalue weighted by atomic mass is 10.3. The molecule has 0 fully saturated rings. The third kappa shape index (κ3) is 3.65. The van der Waals surface area contributed by atoms with Gasteiger partial charge < -0.3 is 11.1 Å². The van der Waals surface area contributed by atoms with Crippen molar-refractivity contribution in [3.05, 3.63) is 17.8 Å². The third-order valence-corrected chi connectivity index (χ3v) is 3.83. The number of pyridine rings is 1. The molecule has 1 aromatic rings. The highest BCUT2D eigenvalue weighted by Crippen LogP contribution is 2.16. The second-order valence-electron chi connectivity index (χ2n) is 3.94. The summed E-state index contributed by atoms with van der Waals surface area (Å²) >= 11 is 0. The minimum atomic E-state index is -3.60. The molecule has 1 unspecified atom stereocenters. The first kappa shape index (κ1) is 13.9. The lowest BCUT2D eigenvalue weighted by Gasteiger charge is -2.13. The van der Waals surface area contributed by atoms with Crippen LogP contribution in [0.4, 0.5) is 5.82 Å². The summed E-state index contributed by atoms with van der Waals surface area (Å²) in [5.41, 5.74) is 6.32. The number of likely N-dealkylation sites (N-methyl/N-ethyl adjacent to an activating group) is 1. The molecule has 0 aliphatic carbocycles. The Labute approximate surface area is 102 Å². The fourth-order valence-corrected chi connectivity index (χ4v) is 2.48. The number of anilines is 1. The van der Waals surface area contributed by atoms with Crippen molar-refractivity contribution in [2.24, 2.45) is 0 Å². The zero-order valence-corrected chi connectivity index (χ0v) is 11.0. The monoisotopic (exact) mass is 258 g/mol. The minimum absolute atomic E-state index is 0.0141. The molecule has 0 amide bonds. The Balaban J connectivity index is 2.93. The lowest BCUT2D eigenvalue weighted by molar-refractivity contribution is 0.554. The summed E-state index contributed by atoms with van der Waals surface area (Å²) in [5, 5.41) is 2.94. The molecule has 6 nitrogen and oxygen atoms in total. The molecule has 1 heterocycles. The van der Waals surface area contributed by atoms with Crippen LogP contribution >= 0.6 is 0 Å². The van der Waals surface area contributed by atoms with Gasteiger partial charge in [0.1, 0.15) is 10.7 Å². The standard InChI is InChI=1S/C10H18N4O2S/c1-7-4-9(10(11)13-5-7)17(15,16)14-6-8(2)12-3/h4-5,8,12,14H,6H2,1-3H3,(H2,11,13). The summed E-state index contributed by atoms with van der Waals surface area (Å²) in [5.74, 6) is 0.0141. The first-order valence-electron chi connectivity index (χ1n) is 5.26. The quantitative estimate of drug-likeness (QED) is 0.683. The number of hydrogen-bond acceptors (Lipinski definition) is 5. The molecule has 1 aromatic heterocycles.